The molecule has 0 aliphatic heterocycles. The van der Waals surface area contributed by atoms with Gasteiger partial charge in [-0.1, -0.05) is 31.0 Å². The van der Waals surface area contributed by atoms with E-state index in [0.29, 0.717) is 12.2 Å². The van der Waals surface area contributed by atoms with Crippen LogP contribution in [0.15, 0.2) is 24.3 Å². The van der Waals surface area contributed by atoms with E-state index < -0.39 is 0 Å². The Morgan fingerprint density at radius 1 is 1.31 bits per heavy atom. The number of aryl methyl sites for hydroxylation is 1. The van der Waals surface area contributed by atoms with Gasteiger partial charge in [-0.25, -0.2) is 0 Å². The van der Waals surface area contributed by atoms with Crippen molar-refractivity contribution in [3.8, 4) is 0 Å². The van der Waals surface area contributed by atoms with Crippen LogP contribution in [0.2, 0.25) is 0 Å². The minimum Gasteiger partial charge on any atom is -0.293 e. The molecule has 1 aromatic carbocycles. The number of hydrogen-bond acceptors (Lipinski definition) is 2. The monoisotopic (exact) mass is 232 g/mol. The Hall–Kier alpha value is -1.15. The van der Waals surface area contributed by atoms with Gasteiger partial charge in [-0.3, -0.25) is 4.79 Å². The lowest BCUT2D eigenvalue weighted by molar-refractivity contribution is 0.0984. The third-order valence-corrected chi connectivity index (χ3v) is 3.86. The molecule has 0 N–H and O–H groups in total. The summed E-state index contributed by atoms with van der Waals surface area (Å²) in [5, 5.41) is 1.20. The highest BCUT2D eigenvalue weighted by Crippen LogP contribution is 2.27. The van der Waals surface area contributed by atoms with Gasteiger partial charge in [-0.15, -0.1) is 11.3 Å². The Balaban J connectivity index is 2.28. The van der Waals surface area contributed by atoms with Crippen molar-refractivity contribution in [1.29, 1.82) is 0 Å². The van der Waals surface area contributed by atoms with E-state index in [-0.39, 0.29) is 0 Å². The average Bonchev–Trinajstić information content (AvgIpc) is 2.68. The van der Waals surface area contributed by atoms with Crippen molar-refractivity contribution in [2.75, 3.05) is 0 Å². The van der Waals surface area contributed by atoms with Gasteiger partial charge < -0.3 is 0 Å². The molecular weight excluding hydrogens is 216 g/mol. The summed E-state index contributed by atoms with van der Waals surface area (Å²) in [6.45, 7) is 4.19. The van der Waals surface area contributed by atoms with E-state index in [9.17, 15) is 4.79 Å². The second-order valence-corrected chi connectivity index (χ2v) is 5.26. The van der Waals surface area contributed by atoms with Crippen LogP contribution < -0.4 is 0 Å². The standard InChI is InChI=1S/C14H16OS/c1-3-4-5-12(15)14-9-11-8-10(2)6-7-13(11)16-14/h6-9H,3-5H2,1-2H3. The number of rotatable bonds is 4. The fourth-order valence-electron chi connectivity index (χ4n) is 1.76. The minimum absolute atomic E-state index is 0.292. The smallest absolute Gasteiger partial charge is 0.172 e. The molecule has 1 heterocycles. The zero-order valence-corrected chi connectivity index (χ0v) is 10.6. The fourth-order valence-corrected chi connectivity index (χ4v) is 2.77. The summed E-state index contributed by atoms with van der Waals surface area (Å²) in [4.78, 5) is 12.8. The number of hydrogen-bond donors (Lipinski definition) is 0. The molecule has 0 atom stereocenters. The van der Waals surface area contributed by atoms with Crippen LogP contribution in [-0.4, -0.2) is 5.78 Å². The molecule has 0 saturated carbocycles. The van der Waals surface area contributed by atoms with Crippen LogP contribution in [0.5, 0.6) is 0 Å². The first-order chi connectivity index (χ1) is 7.70. The van der Waals surface area contributed by atoms with Crippen molar-refractivity contribution < 1.29 is 4.79 Å². The van der Waals surface area contributed by atoms with Crippen molar-refractivity contribution in [3.05, 3.63) is 34.7 Å². The summed E-state index contributed by atoms with van der Waals surface area (Å²) < 4.78 is 1.21. The molecule has 0 saturated heterocycles. The van der Waals surface area contributed by atoms with E-state index >= 15 is 0 Å². The topological polar surface area (TPSA) is 17.1 Å². The number of Topliss-reactive ketones (excluding diaryl/α,β-unsaturated/α-hetero) is 1. The second kappa shape index (κ2) is 4.79. The van der Waals surface area contributed by atoms with Gasteiger partial charge in [0, 0.05) is 11.1 Å². The van der Waals surface area contributed by atoms with Gasteiger partial charge in [0.1, 0.15) is 0 Å². The molecule has 16 heavy (non-hydrogen) atoms. The molecule has 0 aliphatic carbocycles. The van der Waals surface area contributed by atoms with Crippen molar-refractivity contribution >= 4 is 27.2 Å². The van der Waals surface area contributed by atoms with Gasteiger partial charge in [0.15, 0.2) is 5.78 Å². The van der Waals surface area contributed by atoms with E-state index in [1.807, 2.05) is 6.07 Å². The van der Waals surface area contributed by atoms with Gasteiger partial charge in [-0.2, -0.15) is 0 Å². The fraction of sp³-hybridized carbons (Fsp3) is 0.357. The molecule has 1 nitrogen and oxygen atoms in total. The summed E-state index contributed by atoms with van der Waals surface area (Å²) in [7, 11) is 0. The summed E-state index contributed by atoms with van der Waals surface area (Å²) in [6.07, 6.45) is 2.75. The van der Waals surface area contributed by atoms with E-state index in [1.54, 1.807) is 11.3 Å². The molecule has 0 amide bonds. The van der Waals surface area contributed by atoms with Gasteiger partial charge >= 0.3 is 0 Å². The van der Waals surface area contributed by atoms with Crippen LogP contribution in [0.25, 0.3) is 10.1 Å². The predicted octanol–water partition coefficient (Wildman–Crippen LogP) is 4.58. The maximum absolute atomic E-state index is 11.9. The van der Waals surface area contributed by atoms with Gasteiger partial charge in [0.25, 0.3) is 0 Å². The SMILES string of the molecule is CCCCC(=O)c1cc2cc(C)ccc2s1. The summed E-state index contributed by atoms with van der Waals surface area (Å²) >= 11 is 1.61. The Morgan fingerprint density at radius 3 is 2.88 bits per heavy atom. The van der Waals surface area contributed by atoms with Crippen LogP contribution >= 0.6 is 11.3 Å². The molecule has 0 spiro atoms. The van der Waals surface area contributed by atoms with E-state index in [0.717, 1.165) is 17.7 Å². The predicted molar refractivity (Wildman–Crippen MR) is 70.4 cm³/mol. The number of carbonyl (C=O) groups excluding carboxylic acids is 1. The first-order valence-electron chi connectivity index (χ1n) is 5.74. The largest absolute Gasteiger partial charge is 0.293 e. The molecule has 2 heteroatoms. The lowest BCUT2D eigenvalue weighted by Crippen LogP contribution is -1.94. The van der Waals surface area contributed by atoms with Gasteiger partial charge in [-0.05, 0) is 30.9 Å². The molecular formula is C14H16OS. The molecule has 0 unspecified atom stereocenters. The van der Waals surface area contributed by atoms with Crippen LogP contribution in [0.1, 0.15) is 41.4 Å². The molecule has 2 aromatic rings. The van der Waals surface area contributed by atoms with E-state index in [1.165, 1.54) is 15.6 Å². The second-order valence-electron chi connectivity index (χ2n) is 4.18. The van der Waals surface area contributed by atoms with Crippen molar-refractivity contribution in [2.24, 2.45) is 0 Å². The number of ketones is 1. The average molecular weight is 232 g/mol. The summed E-state index contributed by atoms with van der Waals surface area (Å²) in [5.74, 6) is 0.292. The maximum atomic E-state index is 11.9. The number of carbonyl (C=O) groups is 1. The Kier molecular flexibility index (Phi) is 3.39. The van der Waals surface area contributed by atoms with Crippen molar-refractivity contribution in [3.63, 3.8) is 0 Å². The normalized spacial score (nSPS) is 10.9. The number of unbranched alkanes of at least 4 members (excludes halogenated alkanes) is 1. The van der Waals surface area contributed by atoms with Crippen molar-refractivity contribution in [1.82, 2.24) is 0 Å². The third kappa shape index (κ3) is 2.33. The quantitative estimate of drug-likeness (QED) is 0.705. The molecule has 0 radical (unpaired) electrons. The number of fused-ring (bicyclic) bond motifs is 1. The highest BCUT2D eigenvalue weighted by molar-refractivity contribution is 7.20. The summed E-state index contributed by atoms with van der Waals surface area (Å²) in [6, 6.07) is 8.37. The van der Waals surface area contributed by atoms with E-state index in [4.69, 9.17) is 0 Å². The highest BCUT2D eigenvalue weighted by Gasteiger charge is 2.09. The van der Waals surface area contributed by atoms with Crippen molar-refractivity contribution in [2.45, 2.75) is 33.1 Å². The molecule has 0 fully saturated rings. The third-order valence-electron chi connectivity index (χ3n) is 2.70. The number of benzene rings is 1. The summed E-state index contributed by atoms with van der Waals surface area (Å²) in [5.41, 5.74) is 1.25. The zero-order valence-electron chi connectivity index (χ0n) is 9.75. The lowest BCUT2D eigenvalue weighted by Gasteiger charge is -1.93. The Morgan fingerprint density at radius 2 is 2.12 bits per heavy atom. The van der Waals surface area contributed by atoms with Gasteiger partial charge in [0.05, 0.1) is 4.88 Å². The maximum Gasteiger partial charge on any atom is 0.172 e. The Labute approximate surface area is 100 Å². The molecule has 84 valence electrons. The van der Waals surface area contributed by atoms with Gasteiger partial charge in [0.2, 0.25) is 0 Å². The van der Waals surface area contributed by atoms with Crippen LogP contribution in [0, 0.1) is 6.92 Å². The molecule has 0 aliphatic rings. The highest BCUT2D eigenvalue weighted by atomic mass is 32.1. The molecule has 2 rings (SSSR count). The van der Waals surface area contributed by atoms with Crippen LogP contribution in [0.3, 0.4) is 0 Å². The molecule has 1 aromatic heterocycles. The lowest BCUT2D eigenvalue weighted by atomic mass is 10.1. The van der Waals surface area contributed by atoms with Crippen LogP contribution in [0.4, 0.5) is 0 Å². The minimum atomic E-state index is 0.292. The molecule has 0 bridgehead atoms. The Bertz CT molecular complexity index is 510. The van der Waals surface area contributed by atoms with E-state index in [2.05, 4.69) is 32.0 Å². The first-order valence-corrected chi connectivity index (χ1v) is 6.55. The zero-order chi connectivity index (χ0) is 11.5. The first kappa shape index (κ1) is 11.3. The van der Waals surface area contributed by atoms with Crippen LogP contribution in [-0.2, 0) is 0 Å². The number of thiophene rings is 1.